The third-order valence-corrected chi connectivity index (χ3v) is 3.18. The van der Waals surface area contributed by atoms with Crippen LogP contribution < -0.4 is 10.1 Å². The highest BCUT2D eigenvalue weighted by atomic mass is 16.5. The van der Waals surface area contributed by atoms with E-state index in [-0.39, 0.29) is 24.5 Å². The highest BCUT2D eigenvalue weighted by Gasteiger charge is 2.15. The third-order valence-electron chi connectivity index (χ3n) is 3.18. The van der Waals surface area contributed by atoms with Crippen molar-refractivity contribution in [2.75, 3.05) is 19.8 Å². The molecule has 1 aromatic carbocycles. The molecule has 1 rings (SSSR count). The molecule has 0 saturated heterocycles. The molecule has 0 heterocycles. The van der Waals surface area contributed by atoms with E-state index in [2.05, 4.69) is 11.2 Å². The lowest BCUT2D eigenvalue weighted by Gasteiger charge is -2.21. The molecule has 0 bridgehead atoms. The molecule has 0 aliphatic carbocycles. The summed E-state index contributed by atoms with van der Waals surface area (Å²) in [6.45, 7) is 4.97. The van der Waals surface area contributed by atoms with Gasteiger partial charge in [0.15, 0.2) is 0 Å². The number of nitrogens with one attached hydrogen (secondary N) is 1. The standard InChI is InChI=1S/C17H23NO3/c1-4-12-21-15-8-6-14(7-9-15)16(20)18-11-5-10-17(2,3)13-19/h1,6-9,19H,5,10-13H2,2-3H3,(H,18,20). The number of amides is 1. The fraction of sp³-hybridized carbons (Fsp3) is 0.471. The predicted octanol–water partition coefficient (Wildman–Crippen LogP) is 2.23. The zero-order valence-corrected chi connectivity index (χ0v) is 12.7. The van der Waals surface area contributed by atoms with E-state index in [1.165, 1.54) is 0 Å². The van der Waals surface area contributed by atoms with E-state index in [1.807, 2.05) is 13.8 Å². The van der Waals surface area contributed by atoms with Gasteiger partial charge in [0.25, 0.3) is 5.91 Å². The summed E-state index contributed by atoms with van der Waals surface area (Å²) in [5.74, 6) is 2.92. The summed E-state index contributed by atoms with van der Waals surface area (Å²) >= 11 is 0. The Balaban J connectivity index is 2.37. The largest absolute Gasteiger partial charge is 0.481 e. The maximum Gasteiger partial charge on any atom is 0.251 e. The second-order valence-corrected chi connectivity index (χ2v) is 5.70. The summed E-state index contributed by atoms with van der Waals surface area (Å²) in [7, 11) is 0. The molecule has 0 fully saturated rings. The van der Waals surface area contributed by atoms with Crippen LogP contribution in [0.2, 0.25) is 0 Å². The number of aliphatic hydroxyl groups is 1. The molecule has 0 aliphatic heterocycles. The molecule has 0 spiro atoms. The zero-order valence-electron chi connectivity index (χ0n) is 12.7. The molecule has 0 saturated carbocycles. The SMILES string of the molecule is C#CCOc1ccc(C(=O)NCCCC(C)(C)CO)cc1. The first-order chi connectivity index (χ1) is 9.98. The quantitative estimate of drug-likeness (QED) is 0.570. The van der Waals surface area contributed by atoms with Gasteiger partial charge in [-0.05, 0) is 42.5 Å². The lowest BCUT2D eigenvalue weighted by molar-refractivity contribution is 0.0948. The van der Waals surface area contributed by atoms with Crippen LogP contribution >= 0.6 is 0 Å². The molecule has 1 amide bonds. The summed E-state index contributed by atoms with van der Waals surface area (Å²) in [6.07, 6.45) is 6.81. The Kier molecular flexibility index (Phi) is 6.77. The van der Waals surface area contributed by atoms with Crippen molar-refractivity contribution >= 4 is 5.91 Å². The number of rotatable bonds is 8. The van der Waals surface area contributed by atoms with Gasteiger partial charge in [0, 0.05) is 18.7 Å². The van der Waals surface area contributed by atoms with E-state index < -0.39 is 0 Å². The fourth-order valence-electron chi connectivity index (χ4n) is 1.78. The molecule has 21 heavy (non-hydrogen) atoms. The van der Waals surface area contributed by atoms with Gasteiger partial charge < -0.3 is 15.2 Å². The van der Waals surface area contributed by atoms with E-state index in [1.54, 1.807) is 24.3 Å². The number of hydrogen-bond acceptors (Lipinski definition) is 3. The van der Waals surface area contributed by atoms with Crippen molar-refractivity contribution in [3.8, 4) is 18.1 Å². The van der Waals surface area contributed by atoms with Crippen molar-refractivity contribution in [1.29, 1.82) is 0 Å². The first-order valence-corrected chi connectivity index (χ1v) is 7.04. The Labute approximate surface area is 126 Å². The molecule has 2 N–H and O–H groups in total. The minimum atomic E-state index is -0.111. The van der Waals surface area contributed by atoms with Gasteiger partial charge in [-0.1, -0.05) is 19.8 Å². The normalized spacial score (nSPS) is 10.8. The fourth-order valence-corrected chi connectivity index (χ4v) is 1.78. The third kappa shape index (κ3) is 6.33. The number of aliphatic hydroxyl groups excluding tert-OH is 1. The maximum atomic E-state index is 11.9. The average Bonchev–Trinajstić information content (AvgIpc) is 2.50. The average molecular weight is 289 g/mol. The first kappa shape index (κ1) is 17.1. The van der Waals surface area contributed by atoms with Crippen LogP contribution in [0.4, 0.5) is 0 Å². The highest BCUT2D eigenvalue weighted by Crippen LogP contribution is 2.20. The summed E-state index contributed by atoms with van der Waals surface area (Å²) in [5, 5.41) is 12.0. The molecule has 4 heteroatoms. The number of carbonyl (C=O) groups excluding carboxylic acids is 1. The van der Waals surface area contributed by atoms with E-state index in [9.17, 15) is 4.79 Å². The monoisotopic (exact) mass is 289 g/mol. The smallest absolute Gasteiger partial charge is 0.251 e. The van der Waals surface area contributed by atoms with E-state index >= 15 is 0 Å². The minimum absolute atomic E-state index is 0.0965. The molecule has 114 valence electrons. The van der Waals surface area contributed by atoms with Crippen LogP contribution in [0, 0.1) is 17.8 Å². The number of benzene rings is 1. The second kappa shape index (κ2) is 8.33. The summed E-state index contributed by atoms with van der Waals surface area (Å²) < 4.78 is 5.25. The Morgan fingerprint density at radius 3 is 2.62 bits per heavy atom. The molecule has 0 atom stereocenters. The maximum absolute atomic E-state index is 11.9. The molecule has 0 radical (unpaired) electrons. The summed E-state index contributed by atoms with van der Waals surface area (Å²) in [6, 6.07) is 6.86. The molecule has 0 unspecified atom stereocenters. The van der Waals surface area contributed by atoms with Gasteiger partial charge in [-0.3, -0.25) is 4.79 Å². The number of terminal acetylenes is 1. The second-order valence-electron chi connectivity index (χ2n) is 5.70. The molecule has 0 aromatic heterocycles. The van der Waals surface area contributed by atoms with Crippen molar-refractivity contribution in [2.24, 2.45) is 5.41 Å². The lowest BCUT2D eigenvalue weighted by atomic mass is 9.89. The van der Waals surface area contributed by atoms with Gasteiger partial charge in [0.1, 0.15) is 12.4 Å². The molecular formula is C17H23NO3. The first-order valence-electron chi connectivity index (χ1n) is 7.04. The highest BCUT2D eigenvalue weighted by molar-refractivity contribution is 5.94. The summed E-state index contributed by atoms with van der Waals surface area (Å²) in [4.78, 5) is 11.9. The number of ether oxygens (including phenoxy) is 1. The zero-order chi connectivity index (χ0) is 15.7. The van der Waals surface area contributed by atoms with Crippen LogP contribution in [-0.4, -0.2) is 30.8 Å². The molecule has 0 aliphatic rings. The van der Waals surface area contributed by atoms with Crippen LogP contribution in [0.5, 0.6) is 5.75 Å². The van der Waals surface area contributed by atoms with E-state index in [0.717, 1.165) is 12.8 Å². The number of hydrogen-bond donors (Lipinski definition) is 2. The van der Waals surface area contributed by atoms with Gasteiger partial charge >= 0.3 is 0 Å². The Bertz CT molecular complexity index is 486. The van der Waals surface area contributed by atoms with E-state index in [4.69, 9.17) is 16.3 Å². The number of carbonyl (C=O) groups is 1. The van der Waals surface area contributed by atoms with Crippen LogP contribution in [0.25, 0.3) is 0 Å². The van der Waals surface area contributed by atoms with Crippen molar-refractivity contribution < 1.29 is 14.6 Å². The summed E-state index contributed by atoms with van der Waals surface area (Å²) in [5.41, 5.74) is 0.491. The van der Waals surface area contributed by atoms with Gasteiger partial charge in [-0.15, -0.1) is 6.42 Å². The lowest BCUT2D eigenvalue weighted by Crippen LogP contribution is -2.26. The minimum Gasteiger partial charge on any atom is -0.481 e. The van der Waals surface area contributed by atoms with Crippen LogP contribution in [0.1, 0.15) is 37.0 Å². The van der Waals surface area contributed by atoms with Gasteiger partial charge in [0.2, 0.25) is 0 Å². The van der Waals surface area contributed by atoms with Crippen molar-refractivity contribution in [1.82, 2.24) is 5.32 Å². The van der Waals surface area contributed by atoms with Crippen molar-refractivity contribution in [2.45, 2.75) is 26.7 Å². The van der Waals surface area contributed by atoms with Gasteiger partial charge in [0.05, 0.1) is 0 Å². The Hall–Kier alpha value is -1.99. The molecule has 4 nitrogen and oxygen atoms in total. The molecular weight excluding hydrogens is 266 g/mol. The Morgan fingerprint density at radius 1 is 1.38 bits per heavy atom. The van der Waals surface area contributed by atoms with Gasteiger partial charge in [-0.2, -0.15) is 0 Å². The Morgan fingerprint density at radius 2 is 2.05 bits per heavy atom. The van der Waals surface area contributed by atoms with Crippen LogP contribution in [0.15, 0.2) is 24.3 Å². The van der Waals surface area contributed by atoms with E-state index in [0.29, 0.717) is 17.9 Å². The van der Waals surface area contributed by atoms with Crippen molar-refractivity contribution in [3.05, 3.63) is 29.8 Å². The van der Waals surface area contributed by atoms with Crippen molar-refractivity contribution in [3.63, 3.8) is 0 Å². The topological polar surface area (TPSA) is 58.6 Å². The predicted molar refractivity (Wildman–Crippen MR) is 83.2 cm³/mol. The van der Waals surface area contributed by atoms with Crippen LogP contribution in [0.3, 0.4) is 0 Å². The van der Waals surface area contributed by atoms with Gasteiger partial charge in [-0.25, -0.2) is 0 Å². The van der Waals surface area contributed by atoms with Crippen LogP contribution in [-0.2, 0) is 0 Å². The molecule has 1 aromatic rings.